The molecule has 0 bridgehead atoms. The molecule has 2 fully saturated rings. The molecule has 24 heavy (non-hydrogen) atoms. The highest BCUT2D eigenvalue weighted by atomic mass is 19.1. The van der Waals surface area contributed by atoms with E-state index in [1.807, 2.05) is 6.07 Å². The second-order valence-electron chi connectivity index (χ2n) is 6.25. The van der Waals surface area contributed by atoms with Gasteiger partial charge in [-0.3, -0.25) is 9.59 Å². The van der Waals surface area contributed by atoms with Gasteiger partial charge in [0.1, 0.15) is 17.2 Å². The molecular weight excluding hydrogens is 320 g/mol. The third-order valence-electron chi connectivity index (χ3n) is 4.36. The molecule has 0 aliphatic carbocycles. The quantitative estimate of drug-likeness (QED) is 0.886. The van der Waals surface area contributed by atoms with Crippen LogP contribution in [0, 0.1) is 28.9 Å². The minimum Gasteiger partial charge on any atom is -0.385 e. The van der Waals surface area contributed by atoms with Crippen molar-refractivity contribution in [1.82, 2.24) is 4.90 Å². The van der Waals surface area contributed by atoms with E-state index in [2.05, 4.69) is 0 Å². The van der Waals surface area contributed by atoms with E-state index in [4.69, 9.17) is 5.26 Å². The van der Waals surface area contributed by atoms with Crippen LogP contribution in [0.1, 0.15) is 12.8 Å². The summed E-state index contributed by atoms with van der Waals surface area (Å²) in [6.45, 7) is 0.109. The van der Waals surface area contributed by atoms with Gasteiger partial charge in [0.05, 0.1) is 37.2 Å². The van der Waals surface area contributed by atoms with E-state index < -0.39 is 29.1 Å². The molecule has 6 nitrogen and oxygen atoms in total. The molecule has 2 saturated heterocycles. The molecule has 126 valence electrons. The molecule has 1 aromatic rings. The summed E-state index contributed by atoms with van der Waals surface area (Å²) in [5, 5.41) is 18.6. The Hall–Kier alpha value is -2.53. The van der Waals surface area contributed by atoms with Crippen molar-refractivity contribution in [3.63, 3.8) is 0 Å². The maximum absolute atomic E-state index is 13.8. The molecule has 1 N–H and O–H groups in total. The van der Waals surface area contributed by atoms with Crippen LogP contribution in [-0.2, 0) is 9.59 Å². The van der Waals surface area contributed by atoms with E-state index in [0.29, 0.717) is 6.07 Å². The zero-order valence-electron chi connectivity index (χ0n) is 12.7. The van der Waals surface area contributed by atoms with Gasteiger partial charge in [0, 0.05) is 19.0 Å². The minimum atomic E-state index is -1.18. The summed E-state index contributed by atoms with van der Waals surface area (Å²) in [5.41, 5.74) is -1.24. The Morgan fingerprint density at radius 3 is 2.75 bits per heavy atom. The van der Waals surface area contributed by atoms with Gasteiger partial charge in [-0.15, -0.1) is 0 Å². The van der Waals surface area contributed by atoms with Crippen molar-refractivity contribution in [2.75, 3.05) is 24.5 Å². The molecule has 3 rings (SSSR count). The first kappa shape index (κ1) is 16.3. The van der Waals surface area contributed by atoms with Crippen LogP contribution in [0.3, 0.4) is 0 Å². The summed E-state index contributed by atoms with van der Waals surface area (Å²) in [6.07, 6.45) is -0.129. The number of aliphatic hydroxyl groups is 1. The van der Waals surface area contributed by atoms with Gasteiger partial charge in [-0.1, -0.05) is 0 Å². The Bertz CT molecular complexity index is 741. The van der Waals surface area contributed by atoms with Gasteiger partial charge in [-0.25, -0.2) is 8.78 Å². The van der Waals surface area contributed by atoms with Gasteiger partial charge in [-0.2, -0.15) is 5.26 Å². The van der Waals surface area contributed by atoms with Crippen LogP contribution in [0.15, 0.2) is 18.2 Å². The lowest BCUT2D eigenvalue weighted by molar-refractivity contribution is -0.158. The Labute approximate surface area is 136 Å². The van der Waals surface area contributed by atoms with Gasteiger partial charge in [0.25, 0.3) is 0 Å². The van der Waals surface area contributed by atoms with E-state index >= 15 is 0 Å². The maximum atomic E-state index is 13.8. The second-order valence-corrected chi connectivity index (χ2v) is 6.25. The summed E-state index contributed by atoms with van der Waals surface area (Å²) in [7, 11) is 0. The van der Waals surface area contributed by atoms with E-state index in [9.17, 15) is 23.5 Å². The van der Waals surface area contributed by atoms with Crippen LogP contribution < -0.4 is 4.90 Å². The third kappa shape index (κ3) is 2.83. The number of halogens is 2. The van der Waals surface area contributed by atoms with Gasteiger partial charge in [-0.05, 0) is 12.1 Å². The van der Waals surface area contributed by atoms with Crippen molar-refractivity contribution >= 4 is 17.5 Å². The highest BCUT2D eigenvalue weighted by Gasteiger charge is 2.47. The summed E-state index contributed by atoms with van der Waals surface area (Å²) in [4.78, 5) is 27.0. The molecule has 2 aliphatic heterocycles. The summed E-state index contributed by atoms with van der Waals surface area (Å²) < 4.78 is 26.8. The molecular formula is C16H15F2N3O3. The van der Waals surface area contributed by atoms with Crippen molar-refractivity contribution in [2.24, 2.45) is 5.92 Å². The molecule has 1 aromatic carbocycles. The molecule has 0 saturated carbocycles. The first-order valence-corrected chi connectivity index (χ1v) is 7.46. The highest BCUT2D eigenvalue weighted by molar-refractivity contribution is 6.00. The van der Waals surface area contributed by atoms with Crippen molar-refractivity contribution in [2.45, 2.75) is 18.4 Å². The Kier molecular flexibility index (Phi) is 3.97. The lowest BCUT2D eigenvalue weighted by Crippen LogP contribution is -2.64. The van der Waals surface area contributed by atoms with Gasteiger partial charge >= 0.3 is 0 Å². The lowest BCUT2D eigenvalue weighted by atomic mass is 9.89. The number of amides is 2. The Morgan fingerprint density at radius 2 is 2.12 bits per heavy atom. The molecule has 0 aromatic heterocycles. The largest absolute Gasteiger partial charge is 0.385 e. The van der Waals surface area contributed by atoms with Crippen LogP contribution in [0.2, 0.25) is 0 Å². The number of likely N-dealkylation sites (tertiary alicyclic amines) is 1. The van der Waals surface area contributed by atoms with E-state index in [-0.39, 0.29) is 44.1 Å². The molecule has 8 heteroatoms. The van der Waals surface area contributed by atoms with E-state index in [1.165, 1.54) is 11.0 Å². The number of carbonyl (C=O) groups excluding carboxylic acids is 2. The summed E-state index contributed by atoms with van der Waals surface area (Å²) in [6, 6.07) is 4.78. The smallest absolute Gasteiger partial charge is 0.228 e. The SMILES string of the molecule is N#CCC1(O)CN(C(=O)C2CC(=O)N(c3ccc(F)cc3F)C2)C1. The number of rotatable bonds is 3. The van der Waals surface area contributed by atoms with Crippen LogP contribution in [-0.4, -0.2) is 47.1 Å². The van der Waals surface area contributed by atoms with Gasteiger partial charge in [0.15, 0.2) is 0 Å². The third-order valence-corrected chi connectivity index (χ3v) is 4.36. The maximum Gasteiger partial charge on any atom is 0.228 e. The first-order chi connectivity index (χ1) is 11.3. The van der Waals surface area contributed by atoms with E-state index in [1.54, 1.807) is 0 Å². The molecule has 1 unspecified atom stereocenters. The molecule has 0 radical (unpaired) electrons. The summed E-state index contributed by atoms with van der Waals surface area (Å²) in [5.74, 6) is -2.96. The number of β-amino-alcohol motifs (C(OH)–C–C–N with tert-alkyl or cyclic N) is 1. The van der Waals surface area contributed by atoms with Gasteiger partial charge < -0.3 is 14.9 Å². The van der Waals surface area contributed by atoms with Crippen LogP contribution >= 0.6 is 0 Å². The number of carbonyl (C=O) groups is 2. The fourth-order valence-corrected chi connectivity index (χ4v) is 3.14. The fraction of sp³-hybridized carbons (Fsp3) is 0.438. The van der Waals surface area contributed by atoms with Crippen molar-refractivity contribution < 1.29 is 23.5 Å². The Morgan fingerprint density at radius 1 is 1.42 bits per heavy atom. The van der Waals surface area contributed by atoms with Crippen molar-refractivity contribution in [1.29, 1.82) is 5.26 Å². The average molecular weight is 335 g/mol. The van der Waals surface area contributed by atoms with E-state index in [0.717, 1.165) is 11.0 Å². The number of hydrogen-bond acceptors (Lipinski definition) is 4. The monoisotopic (exact) mass is 335 g/mol. The standard InChI is InChI=1S/C16H15F2N3O3/c17-11-1-2-13(12(18)6-11)21-7-10(5-14(21)22)15(23)20-8-16(24,9-20)3-4-19/h1-2,6,10,24H,3,5,7-9H2. The number of benzene rings is 1. The number of anilines is 1. The highest BCUT2D eigenvalue weighted by Crippen LogP contribution is 2.32. The van der Waals surface area contributed by atoms with Crippen molar-refractivity contribution in [3.8, 4) is 6.07 Å². The number of hydrogen-bond donors (Lipinski definition) is 1. The van der Waals surface area contributed by atoms with Crippen LogP contribution in [0.5, 0.6) is 0 Å². The second kappa shape index (κ2) is 5.83. The van der Waals surface area contributed by atoms with Gasteiger partial charge in [0.2, 0.25) is 11.8 Å². The fourth-order valence-electron chi connectivity index (χ4n) is 3.14. The zero-order chi connectivity index (χ0) is 17.5. The molecule has 2 amide bonds. The lowest BCUT2D eigenvalue weighted by Gasteiger charge is -2.46. The number of nitrogens with zero attached hydrogens (tertiary/aromatic N) is 3. The molecule has 2 aliphatic rings. The number of nitriles is 1. The average Bonchev–Trinajstić information content (AvgIpc) is 2.86. The molecule has 1 atom stereocenters. The normalized spacial score (nSPS) is 22.2. The minimum absolute atomic E-state index is 0.00734. The summed E-state index contributed by atoms with van der Waals surface area (Å²) >= 11 is 0. The van der Waals surface area contributed by atoms with Crippen molar-refractivity contribution in [3.05, 3.63) is 29.8 Å². The molecule has 2 heterocycles. The predicted octanol–water partition coefficient (Wildman–Crippen LogP) is 0.805. The first-order valence-electron chi connectivity index (χ1n) is 7.46. The van der Waals surface area contributed by atoms with Crippen LogP contribution in [0.25, 0.3) is 0 Å². The Balaban J connectivity index is 1.67. The predicted molar refractivity (Wildman–Crippen MR) is 78.6 cm³/mol. The topological polar surface area (TPSA) is 84.6 Å². The molecule has 0 spiro atoms. The van der Waals surface area contributed by atoms with Crippen LogP contribution in [0.4, 0.5) is 14.5 Å². The zero-order valence-corrected chi connectivity index (χ0v) is 12.7.